The summed E-state index contributed by atoms with van der Waals surface area (Å²) in [7, 11) is 0. The van der Waals surface area contributed by atoms with E-state index in [9.17, 15) is 9.59 Å². The maximum atomic E-state index is 12.7. The highest BCUT2D eigenvalue weighted by Crippen LogP contribution is 2.15. The number of esters is 2. The zero-order chi connectivity index (χ0) is 42.1. The number of hydrogen-bond donors (Lipinski definition) is 0. The van der Waals surface area contributed by atoms with Gasteiger partial charge in [0.25, 0.3) is 0 Å². The maximum Gasteiger partial charge on any atom is 0.306 e. The lowest BCUT2D eigenvalue weighted by Gasteiger charge is -2.18. The summed E-state index contributed by atoms with van der Waals surface area (Å²) in [6, 6.07) is 0. The molecule has 0 spiro atoms. The second-order valence-electron chi connectivity index (χ2n) is 17.1. The lowest BCUT2D eigenvalue weighted by Crippen LogP contribution is -2.30. The summed E-state index contributed by atoms with van der Waals surface area (Å²) in [5.74, 6) is -0.402. The Labute approximate surface area is 361 Å². The first-order valence-electron chi connectivity index (χ1n) is 25.5. The van der Waals surface area contributed by atoms with Gasteiger partial charge < -0.3 is 14.2 Å². The minimum absolute atomic E-state index is 0.0821. The fourth-order valence-corrected chi connectivity index (χ4v) is 7.29. The molecule has 0 bridgehead atoms. The average molecular weight is 815 g/mol. The first kappa shape index (κ1) is 56.1. The maximum absolute atomic E-state index is 12.7. The molecule has 0 aliphatic rings. The van der Waals surface area contributed by atoms with E-state index in [0.29, 0.717) is 19.4 Å². The second kappa shape index (κ2) is 49.5. The molecule has 1 atom stereocenters. The van der Waals surface area contributed by atoms with Crippen molar-refractivity contribution < 1.29 is 23.8 Å². The van der Waals surface area contributed by atoms with Crippen LogP contribution in [-0.2, 0) is 23.8 Å². The molecule has 5 heteroatoms. The van der Waals surface area contributed by atoms with Crippen molar-refractivity contribution in [2.45, 2.75) is 271 Å². The molecule has 0 aromatic carbocycles. The van der Waals surface area contributed by atoms with Crippen LogP contribution in [0, 0.1) is 0 Å². The van der Waals surface area contributed by atoms with Crippen LogP contribution in [0.25, 0.3) is 0 Å². The van der Waals surface area contributed by atoms with E-state index in [1.807, 2.05) is 0 Å². The molecule has 0 radical (unpaired) electrons. The molecule has 340 valence electrons. The van der Waals surface area contributed by atoms with Crippen molar-refractivity contribution in [2.24, 2.45) is 0 Å². The Bertz CT molecular complexity index is 924. The number of rotatable bonds is 47. The minimum Gasteiger partial charge on any atom is -0.462 e. The molecule has 0 amide bonds. The van der Waals surface area contributed by atoms with Gasteiger partial charge in [-0.2, -0.15) is 0 Å². The molecule has 0 aromatic heterocycles. The number of carbonyl (C=O) groups excluding carboxylic acids is 2. The van der Waals surface area contributed by atoms with E-state index < -0.39 is 6.10 Å². The summed E-state index contributed by atoms with van der Waals surface area (Å²) < 4.78 is 17.4. The van der Waals surface area contributed by atoms with Crippen molar-refractivity contribution in [3.63, 3.8) is 0 Å². The normalized spacial score (nSPS) is 12.4. The highest BCUT2D eigenvalue weighted by atomic mass is 16.6. The van der Waals surface area contributed by atoms with Crippen molar-refractivity contribution in [1.82, 2.24) is 0 Å². The van der Waals surface area contributed by atoms with Gasteiger partial charge in [-0.3, -0.25) is 9.59 Å². The third kappa shape index (κ3) is 46.8. The van der Waals surface area contributed by atoms with E-state index in [2.05, 4.69) is 57.2 Å². The van der Waals surface area contributed by atoms with E-state index in [-0.39, 0.29) is 25.2 Å². The van der Waals surface area contributed by atoms with Gasteiger partial charge in [-0.25, -0.2) is 0 Å². The Hall–Kier alpha value is -1.88. The zero-order valence-corrected chi connectivity index (χ0v) is 39.1. The van der Waals surface area contributed by atoms with Crippen LogP contribution >= 0.6 is 0 Å². The van der Waals surface area contributed by atoms with Gasteiger partial charge in [0.15, 0.2) is 6.10 Å². The van der Waals surface area contributed by atoms with E-state index in [1.165, 1.54) is 173 Å². The number of hydrogen-bond acceptors (Lipinski definition) is 5. The molecule has 0 rings (SSSR count). The molecule has 1 unspecified atom stereocenters. The van der Waals surface area contributed by atoms with E-state index in [4.69, 9.17) is 14.2 Å². The number of carbonyl (C=O) groups is 2. The van der Waals surface area contributed by atoms with Crippen molar-refractivity contribution >= 4 is 11.9 Å². The highest BCUT2D eigenvalue weighted by Gasteiger charge is 2.17. The Morgan fingerprint density at radius 2 is 0.741 bits per heavy atom. The monoisotopic (exact) mass is 815 g/mol. The standard InChI is InChI=1S/C53H98O5/c1-4-7-10-13-16-19-22-24-26-28-30-33-36-39-42-45-48-56-49-51(58-53(55)47-44-41-38-35-31-21-18-15-12-9-6-3)50-57-52(54)46-43-40-37-34-32-29-27-25-23-20-17-14-11-8-5-2/h15-16,18-19,24,26,51H,4-14,17,20-23,25,27-50H2,1-3H3/b18-15-,19-16-,26-24-. The largest absolute Gasteiger partial charge is 0.462 e. The molecule has 0 heterocycles. The third-order valence-electron chi connectivity index (χ3n) is 11.1. The van der Waals surface area contributed by atoms with Crippen LogP contribution in [-0.4, -0.2) is 37.9 Å². The topological polar surface area (TPSA) is 61.8 Å². The van der Waals surface area contributed by atoms with Gasteiger partial charge >= 0.3 is 11.9 Å². The van der Waals surface area contributed by atoms with Gasteiger partial charge in [0.2, 0.25) is 0 Å². The van der Waals surface area contributed by atoms with Crippen LogP contribution < -0.4 is 0 Å². The van der Waals surface area contributed by atoms with Gasteiger partial charge in [-0.15, -0.1) is 0 Å². The molecule has 0 saturated heterocycles. The quantitative estimate of drug-likeness (QED) is 0.0348. The van der Waals surface area contributed by atoms with Crippen LogP contribution in [0.2, 0.25) is 0 Å². The van der Waals surface area contributed by atoms with Crippen LogP contribution in [0.3, 0.4) is 0 Å². The van der Waals surface area contributed by atoms with Gasteiger partial charge in [0, 0.05) is 19.4 Å². The number of ether oxygens (including phenoxy) is 3. The van der Waals surface area contributed by atoms with Gasteiger partial charge in [0.1, 0.15) is 6.61 Å². The van der Waals surface area contributed by atoms with Gasteiger partial charge in [-0.1, -0.05) is 218 Å². The van der Waals surface area contributed by atoms with Gasteiger partial charge in [0.05, 0.1) is 6.61 Å². The lowest BCUT2D eigenvalue weighted by atomic mass is 10.0. The van der Waals surface area contributed by atoms with E-state index >= 15 is 0 Å². The average Bonchev–Trinajstić information content (AvgIpc) is 3.22. The van der Waals surface area contributed by atoms with Crippen LogP contribution in [0.1, 0.15) is 265 Å². The number of allylic oxidation sites excluding steroid dienone is 6. The highest BCUT2D eigenvalue weighted by molar-refractivity contribution is 5.70. The minimum atomic E-state index is -0.540. The predicted molar refractivity (Wildman–Crippen MR) is 252 cm³/mol. The molecule has 0 aliphatic heterocycles. The summed E-state index contributed by atoms with van der Waals surface area (Å²) in [6.45, 7) is 7.77. The summed E-state index contributed by atoms with van der Waals surface area (Å²) >= 11 is 0. The number of unbranched alkanes of at least 4 members (excludes halogenated alkanes) is 30. The van der Waals surface area contributed by atoms with Gasteiger partial charge in [-0.05, 0) is 70.6 Å². The Morgan fingerprint density at radius 1 is 0.379 bits per heavy atom. The molecule has 58 heavy (non-hydrogen) atoms. The van der Waals surface area contributed by atoms with E-state index in [1.54, 1.807) is 0 Å². The molecule has 0 aliphatic carbocycles. The first-order chi connectivity index (χ1) is 28.6. The second-order valence-corrected chi connectivity index (χ2v) is 17.1. The summed E-state index contributed by atoms with van der Waals surface area (Å²) in [5, 5.41) is 0. The smallest absolute Gasteiger partial charge is 0.306 e. The fraction of sp³-hybridized carbons (Fsp3) is 0.849. The molecule has 0 fully saturated rings. The van der Waals surface area contributed by atoms with Crippen LogP contribution in [0.4, 0.5) is 0 Å². The Kier molecular flexibility index (Phi) is 47.9. The molecule has 0 saturated carbocycles. The Balaban J connectivity index is 4.23. The SMILES string of the molecule is CCCC/C=C\CCCCCCCC(=O)OC(COCCCCCCCC/C=C\C/C=C\CCCCC)COC(=O)CCCCCCCCCCCCCCCCC. The predicted octanol–water partition coefficient (Wildman–Crippen LogP) is 17.0. The lowest BCUT2D eigenvalue weighted by molar-refractivity contribution is -0.163. The van der Waals surface area contributed by atoms with Crippen molar-refractivity contribution in [3.05, 3.63) is 36.5 Å². The molecule has 0 aromatic rings. The molecule has 5 nitrogen and oxygen atoms in total. The van der Waals surface area contributed by atoms with Crippen molar-refractivity contribution in [2.75, 3.05) is 19.8 Å². The third-order valence-corrected chi connectivity index (χ3v) is 11.1. The van der Waals surface area contributed by atoms with E-state index in [0.717, 1.165) is 57.8 Å². The van der Waals surface area contributed by atoms with Crippen LogP contribution in [0.15, 0.2) is 36.5 Å². The summed E-state index contributed by atoms with van der Waals surface area (Å²) in [4.78, 5) is 25.3. The van der Waals surface area contributed by atoms with Crippen LogP contribution in [0.5, 0.6) is 0 Å². The van der Waals surface area contributed by atoms with Crippen molar-refractivity contribution in [3.8, 4) is 0 Å². The van der Waals surface area contributed by atoms with Crippen molar-refractivity contribution in [1.29, 1.82) is 0 Å². The summed E-state index contributed by atoms with van der Waals surface area (Å²) in [6.07, 6.45) is 58.6. The molecular weight excluding hydrogens is 717 g/mol. The molecule has 0 N–H and O–H groups in total. The summed E-state index contributed by atoms with van der Waals surface area (Å²) in [5.41, 5.74) is 0. The first-order valence-corrected chi connectivity index (χ1v) is 25.5. The fourth-order valence-electron chi connectivity index (χ4n) is 7.29. The zero-order valence-electron chi connectivity index (χ0n) is 39.1. The molecular formula is C53H98O5. The Morgan fingerprint density at radius 3 is 1.24 bits per heavy atom.